The first-order valence-electron chi connectivity index (χ1n) is 12.2. The summed E-state index contributed by atoms with van der Waals surface area (Å²) in [5.74, 6) is 0.623. The SMILES string of the molecule is CC(Cc1ccc(SCc2ccccc2)nc1)[C@H](Cc1ccccc1)N(C)C(=O)c1ccc(F)cc1. The van der Waals surface area contributed by atoms with E-state index in [0.717, 1.165) is 29.2 Å². The molecule has 3 nitrogen and oxygen atoms in total. The maximum atomic E-state index is 13.4. The quantitative estimate of drug-likeness (QED) is 0.219. The number of carbonyl (C=O) groups is 1. The molecule has 1 aromatic heterocycles. The zero-order chi connectivity index (χ0) is 25.3. The van der Waals surface area contributed by atoms with Crippen molar-refractivity contribution in [3.05, 3.63) is 131 Å². The van der Waals surface area contributed by atoms with Crippen LogP contribution in [-0.4, -0.2) is 28.9 Å². The fourth-order valence-electron chi connectivity index (χ4n) is 4.38. The molecule has 184 valence electrons. The van der Waals surface area contributed by atoms with E-state index < -0.39 is 0 Å². The van der Waals surface area contributed by atoms with Gasteiger partial charge in [0.05, 0.1) is 5.03 Å². The van der Waals surface area contributed by atoms with Gasteiger partial charge in [-0.05, 0) is 65.8 Å². The Bertz CT molecular complexity index is 1230. The van der Waals surface area contributed by atoms with Gasteiger partial charge in [0.25, 0.3) is 5.91 Å². The van der Waals surface area contributed by atoms with E-state index in [1.54, 1.807) is 23.9 Å². The maximum absolute atomic E-state index is 13.4. The molecular formula is C31H31FN2OS. The number of nitrogens with zero attached hydrogens (tertiary/aromatic N) is 2. The third-order valence-electron chi connectivity index (χ3n) is 6.44. The van der Waals surface area contributed by atoms with Crippen molar-refractivity contribution < 1.29 is 9.18 Å². The minimum absolute atomic E-state index is 0.0305. The minimum Gasteiger partial charge on any atom is -0.338 e. The van der Waals surface area contributed by atoms with Crippen LogP contribution in [0.2, 0.25) is 0 Å². The van der Waals surface area contributed by atoms with Crippen LogP contribution in [0, 0.1) is 11.7 Å². The Labute approximate surface area is 217 Å². The van der Waals surface area contributed by atoms with Crippen LogP contribution in [-0.2, 0) is 18.6 Å². The van der Waals surface area contributed by atoms with E-state index in [2.05, 4.69) is 60.4 Å². The topological polar surface area (TPSA) is 33.2 Å². The van der Waals surface area contributed by atoms with Gasteiger partial charge in [-0.25, -0.2) is 9.37 Å². The normalized spacial score (nSPS) is 12.6. The van der Waals surface area contributed by atoms with Gasteiger partial charge in [-0.2, -0.15) is 0 Å². The van der Waals surface area contributed by atoms with Crippen molar-refractivity contribution in [2.75, 3.05) is 7.05 Å². The molecule has 0 spiro atoms. The number of aromatic nitrogens is 1. The van der Waals surface area contributed by atoms with Crippen molar-refractivity contribution in [1.29, 1.82) is 0 Å². The average Bonchev–Trinajstić information content (AvgIpc) is 2.92. The van der Waals surface area contributed by atoms with Crippen LogP contribution in [0.15, 0.2) is 108 Å². The minimum atomic E-state index is -0.346. The third-order valence-corrected chi connectivity index (χ3v) is 7.45. The van der Waals surface area contributed by atoms with Crippen LogP contribution in [0.25, 0.3) is 0 Å². The summed E-state index contributed by atoms with van der Waals surface area (Å²) in [5.41, 5.74) is 4.09. The summed E-state index contributed by atoms with van der Waals surface area (Å²) in [5, 5.41) is 1.000. The highest BCUT2D eigenvalue weighted by Crippen LogP contribution is 2.24. The summed E-state index contributed by atoms with van der Waals surface area (Å²) in [6.45, 7) is 2.18. The lowest BCUT2D eigenvalue weighted by Gasteiger charge is -2.33. The number of benzene rings is 3. The third kappa shape index (κ3) is 7.05. The van der Waals surface area contributed by atoms with Gasteiger partial charge in [0.1, 0.15) is 5.82 Å². The number of hydrogen-bond acceptors (Lipinski definition) is 3. The summed E-state index contributed by atoms with van der Waals surface area (Å²) in [6.07, 6.45) is 3.49. The highest BCUT2D eigenvalue weighted by atomic mass is 32.2. The molecule has 0 aliphatic carbocycles. The number of thioether (sulfide) groups is 1. The Morgan fingerprint density at radius 3 is 2.08 bits per heavy atom. The molecule has 0 aliphatic rings. The zero-order valence-corrected chi connectivity index (χ0v) is 21.5. The molecule has 5 heteroatoms. The lowest BCUT2D eigenvalue weighted by Crippen LogP contribution is -2.43. The second-order valence-electron chi connectivity index (χ2n) is 9.14. The number of likely N-dealkylation sites (N-methyl/N-ethyl adjacent to an activating group) is 1. The summed E-state index contributed by atoms with van der Waals surface area (Å²) in [4.78, 5) is 19.7. The Morgan fingerprint density at radius 2 is 1.47 bits per heavy atom. The van der Waals surface area contributed by atoms with Crippen LogP contribution < -0.4 is 0 Å². The van der Waals surface area contributed by atoms with Crippen LogP contribution in [0.3, 0.4) is 0 Å². The van der Waals surface area contributed by atoms with Crippen LogP contribution >= 0.6 is 11.8 Å². The zero-order valence-electron chi connectivity index (χ0n) is 20.7. The number of amides is 1. The Kier molecular flexibility index (Phi) is 8.90. The summed E-state index contributed by atoms with van der Waals surface area (Å²) >= 11 is 1.73. The number of carbonyl (C=O) groups excluding carboxylic acids is 1. The smallest absolute Gasteiger partial charge is 0.253 e. The van der Waals surface area contributed by atoms with Gasteiger partial charge < -0.3 is 4.90 Å². The van der Waals surface area contributed by atoms with E-state index >= 15 is 0 Å². The molecule has 0 N–H and O–H groups in total. The van der Waals surface area contributed by atoms with E-state index in [-0.39, 0.29) is 23.7 Å². The maximum Gasteiger partial charge on any atom is 0.253 e. The molecule has 0 saturated carbocycles. The van der Waals surface area contributed by atoms with E-state index in [0.29, 0.717) is 5.56 Å². The number of halogens is 1. The predicted octanol–water partition coefficient (Wildman–Crippen LogP) is 7.08. The number of pyridine rings is 1. The van der Waals surface area contributed by atoms with Crippen LogP contribution in [0.1, 0.15) is 34.0 Å². The van der Waals surface area contributed by atoms with Gasteiger partial charge in [-0.1, -0.05) is 73.7 Å². The Hall–Kier alpha value is -3.44. The van der Waals surface area contributed by atoms with Gasteiger partial charge >= 0.3 is 0 Å². The van der Waals surface area contributed by atoms with Crippen molar-refractivity contribution >= 4 is 17.7 Å². The molecule has 1 heterocycles. The number of hydrogen-bond donors (Lipinski definition) is 0. The molecule has 2 atom stereocenters. The van der Waals surface area contributed by atoms with E-state index in [4.69, 9.17) is 0 Å². The highest BCUT2D eigenvalue weighted by Gasteiger charge is 2.27. The fraction of sp³-hybridized carbons (Fsp3) is 0.226. The van der Waals surface area contributed by atoms with Crippen molar-refractivity contribution in [3.8, 4) is 0 Å². The lowest BCUT2D eigenvalue weighted by molar-refractivity contribution is 0.0679. The Morgan fingerprint density at radius 1 is 0.833 bits per heavy atom. The molecule has 4 aromatic rings. The summed E-state index contributed by atoms with van der Waals surface area (Å²) < 4.78 is 13.4. The largest absolute Gasteiger partial charge is 0.338 e. The van der Waals surface area contributed by atoms with Crippen LogP contribution in [0.5, 0.6) is 0 Å². The van der Waals surface area contributed by atoms with E-state index in [1.165, 1.54) is 23.3 Å². The molecular weight excluding hydrogens is 467 g/mol. The highest BCUT2D eigenvalue weighted by molar-refractivity contribution is 7.98. The summed E-state index contributed by atoms with van der Waals surface area (Å²) in [6, 6.07) is 30.6. The van der Waals surface area contributed by atoms with E-state index in [1.807, 2.05) is 42.4 Å². The number of rotatable bonds is 10. The molecule has 0 radical (unpaired) electrons. The lowest BCUT2D eigenvalue weighted by atomic mass is 9.88. The van der Waals surface area contributed by atoms with Crippen LogP contribution in [0.4, 0.5) is 4.39 Å². The van der Waals surface area contributed by atoms with E-state index in [9.17, 15) is 9.18 Å². The average molecular weight is 499 g/mol. The van der Waals surface area contributed by atoms with Crippen molar-refractivity contribution in [1.82, 2.24) is 9.88 Å². The molecule has 1 unspecified atom stereocenters. The first-order chi connectivity index (χ1) is 17.5. The predicted molar refractivity (Wildman–Crippen MR) is 146 cm³/mol. The fourth-order valence-corrected chi connectivity index (χ4v) is 5.18. The van der Waals surface area contributed by atoms with Gasteiger partial charge in [0.2, 0.25) is 0 Å². The standard InChI is InChI=1S/C31H31FN2OS/c1-23(19-26-13-18-30(33-21-26)36-22-25-11-7-4-8-12-25)29(20-24-9-5-3-6-10-24)34(2)31(35)27-14-16-28(32)17-15-27/h3-18,21,23,29H,19-20,22H2,1-2H3/t23?,29-/m0/s1. The molecule has 36 heavy (non-hydrogen) atoms. The first kappa shape index (κ1) is 25.6. The van der Waals surface area contributed by atoms with Gasteiger partial charge in [-0.3, -0.25) is 4.79 Å². The molecule has 4 rings (SSSR count). The van der Waals surface area contributed by atoms with Gasteiger partial charge in [0, 0.05) is 30.6 Å². The van der Waals surface area contributed by atoms with Gasteiger partial charge in [0.15, 0.2) is 0 Å². The molecule has 0 saturated heterocycles. The molecule has 0 bridgehead atoms. The monoisotopic (exact) mass is 498 g/mol. The van der Waals surface area contributed by atoms with Crippen molar-refractivity contribution in [2.24, 2.45) is 5.92 Å². The molecule has 3 aromatic carbocycles. The summed E-state index contributed by atoms with van der Waals surface area (Å²) in [7, 11) is 1.84. The van der Waals surface area contributed by atoms with Crippen molar-refractivity contribution in [3.63, 3.8) is 0 Å². The molecule has 1 amide bonds. The Balaban J connectivity index is 1.46. The van der Waals surface area contributed by atoms with Gasteiger partial charge in [-0.15, -0.1) is 11.8 Å². The van der Waals surface area contributed by atoms with Crippen molar-refractivity contribution in [2.45, 2.75) is 36.6 Å². The second kappa shape index (κ2) is 12.5. The molecule has 0 fully saturated rings. The first-order valence-corrected chi connectivity index (χ1v) is 13.2. The molecule has 0 aliphatic heterocycles. The second-order valence-corrected chi connectivity index (χ2v) is 10.1.